The zero-order chi connectivity index (χ0) is 23.3. The van der Waals surface area contributed by atoms with E-state index >= 15 is 0 Å². The largest absolute Gasteiger partial charge is 0.271 e. The van der Waals surface area contributed by atoms with Crippen LogP contribution in [0.2, 0.25) is 5.02 Å². The summed E-state index contributed by atoms with van der Waals surface area (Å²) in [4.78, 5) is 12.4. The van der Waals surface area contributed by atoms with E-state index < -0.39 is 10.0 Å². The fourth-order valence-electron chi connectivity index (χ4n) is 3.04. The number of amides is 1. The first kappa shape index (κ1) is 23.5. The maximum Gasteiger partial charge on any atom is 0.271 e. The number of benzene rings is 3. The fraction of sp³-hybridized carbons (Fsp3) is 0.167. The second-order valence-electron chi connectivity index (χ2n) is 7.41. The van der Waals surface area contributed by atoms with Gasteiger partial charge in [0, 0.05) is 16.3 Å². The van der Waals surface area contributed by atoms with Crippen LogP contribution in [0.15, 0.2) is 82.8 Å². The standard InChI is InChI=1S/C24H24ClN3O3S/c1-17(2)26-27-24(29)20-14-12-19(13-15-20)16-28(23-11-7-10-22(25)18(23)3)32(30,31)21-8-5-4-6-9-21/h4-15H,16H2,1-3H3,(H,27,29). The van der Waals surface area contributed by atoms with Gasteiger partial charge in [0.1, 0.15) is 0 Å². The zero-order valence-electron chi connectivity index (χ0n) is 18.0. The Bertz CT molecular complexity index is 1240. The molecule has 0 aromatic heterocycles. The van der Waals surface area contributed by atoms with Gasteiger partial charge in [0.2, 0.25) is 0 Å². The summed E-state index contributed by atoms with van der Waals surface area (Å²) in [6, 6.07) is 20.2. The first-order valence-electron chi connectivity index (χ1n) is 9.93. The Morgan fingerprint density at radius 2 is 1.62 bits per heavy atom. The number of sulfonamides is 1. The molecule has 0 spiro atoms. The molecule has 3 aromatic carbocycles. The lowest BCUT2D eigenvalue weighted by atomic mass is 10.1. The van der Waals surface area contributed by atoms with Crippen LogP contribution in [-0.4, -0.2) is 20.0 Å². The molecule has 0 saturated carbocycles. The van der Waals surface area contributed by atoms with Gasteiger partial charge in [-0.05, 0) is 68.3 Å². The van der Waals surface area contributed by atoms with E-state index in [1.165, 1.54) is 4.31 Å². The van der Waals surface area contributed by atoms with Gasteiger partial charge in [-0.3, -0.25) is 9.10 Å². The van der Waals surface area contributed by atoms with Crippen molar-refractivity contribution in [2.24, 2.45) is 5.10 Å². The normalized spacial score (nSPS) is 11.0. The van der Waals surface area contributed by atoms with Gasteiger partial charge in [-0.25, -0.2) is 13.8 Å². The van der Waals surface area contributed by atoms with Crippen LogP contribution >= 0.6 is 11.6 Å². The Morgan fingerprint density at radius 1 is 0.969 bits per heavy atom. The summed E-state index contributed by atoms with van der Waals surface area (Å²) >= 11 is 6.29. The van der Waals surface area contributed by atoms with Crippen molar-refractivity contribution in [2.75, 3.05) is 4.31 Å². The summed E-state index contributed by atoms with van der Waals surface area (Å²) in [7, 11) is -3.86. The predicted octanol–water partition coefficient (Wildman–Crippen LogP) is 5.17. The highest BCUT2D eigenvalue weighted by Crippen LogP contribution is 2.32. The van der Waals surface area contributed by atoms with E-state index in [9.17, 15) is 13.2 Å². The molecule has 0 atom stereocenters. The van der Waals surface area contributed by atoms with Gasteiger partial charge in [0.15, 0.2) is 0 Å². The number of nitrogens with zero attached hydrogens (tertiary/aromatic N) is 2. The molecule has 8 heteroatoms. The quantitative estimate of drug-likeness (QED) is 0.383. The molecule has 1 amide bonds. The zero-order valence-corrected chi connectivity index (χ0v) is 19.6. The SMILES string of the molecule is CC(C)=NNC(=O)c1ccc(CN(c2cccc(Cl)c2C)S(=O)(=O)c2ccccc2)cc1. The maximum atomic E-state index is 13.5. The topological polar surface area (TPSA) is 78.8 Å². The molecule has 166 valence electrons. The predicted molar refractivity (Wildman–Crippen MR) is 129 cm³/mol. The number of hydrazone groups is 1. The average molecular weight is 470 g/mol. The molecule has 0 radical (unpaired) electrons. The highest BCUT2D eigenvalue weighted by molar-refractivity contribution is 7.92. The molecule has 3 rings (SSSR count). The number of carbonyl (C=O) groups excluding carboxylic acids is 1. The monoisotopic (exact) mass is 469 g/mol. The molecular weight excluding hydrogens is 446 g/mol. The molecule has 0 bridgehead atoms. The maximum absolute atomic E-state index is 13.5. The minimum Gasteiger partial charge on any atom is -0.267 e. The lowest BCUT2D eigenvalue weighted by Gasteiger charge is -2.26. The van der Waals surface area contributed by atoms with Crippen molar-refractivity contribution in [3.63, 3.8) is 0 Å². The third-order valence-electron chi connectivity index (χ3n) is 4.76. The van der Waals surface area contributed by atoms with Crippen molar-refractivity contribution < 1.29 is 13.2 Å². The number of halogens is 1. The number of rotatable bonds is 7. The molecule has 1 N–H and O–H groups in total. The van der Waals surface area contributed by atoms with Gasteiger partial charge in [-0.15, -0.1) is 0 Å². The molecule has 6 nitrogen and oxygen atoms in total. The lowest BCUT2D eigenvalue weighted by molar-refractivity contribution is 0.0954. The van der Waals surface area contributed by atoms with Crippen LogP contribution in [-0.2, 0) is 16.6 Å². The van der Waals surface area contributed by atoms with E-state index in [0.29, 0.717) is 21.8 Å². The molecule has 0 saturated heterocycles. The Labute approximate surface area is 193 Å². The second-order valence-corrected chi connectivity index (χ2v) is 9.68. The number of hydrogen-bond donors (Lipinski definition) is 1. The van der Waals surface area contributed by atoms with Crippen LogP contribution in [0.25, 0.3) is 0 Å². The summed E-state index contributed by atoms with van der Waals surface area (Å²) in [6.07, 6.45) is 0. The lowest BCUT2D eigenvalue weighted by Crippen LogP contribution is -2.31. The summed E-state index contributed by atoms with van der Waals surface area (Å²) < 4.78 is 28.4. The van der Waals surface area contributed by atoms with Crippen molar-refractivity contribution in [2.45, 2.75) is 32.2 Å². The molecular formula is C24H24ClN3O3S. The first-order chi connectivity index (χ1) is 15.2. The van der Waals surface area contributed by atoms with Gasteiger partial charge in [0.05, 0.1) is 17.1 Å². The first-order valence-corrected chi connectivity index (χ1v) is 11.7. The summed E-state index contributed by atoms with van der Waals surface area (Å²) in [5.41, 5.74) is 5.51. The number of carbonyl (C=O) groups is 1. The number of nitrogens with one attached hydrogen (secondary N) is 1. The van der Waals surface area contributed by atoms with Crippen LogP contribution in [0, 0.1) is 6.92 Å². The van der Waals surface area contributed by atoms with E-state index in [2.05, 4.69) is 10.5 Å². The molecule has 32 heavy (non-hydrogen) atoms. The summed E-state index contributed by atoms with van der Waals surface area (Å²) in [5, 5.41) is 4.39. The highest BCUT2D eigenvalue weighted by atomic mass is 35.5. The van der Waals surface area contributed by atoms with Crippen molar-refractivity contribution >= 4 is 38.9 Å². The Morgan fingerprint density at radius 3 is 2.25 bits per heavy atom. The third kappa shape index (κ3) is 5.36. The van der Waals surface area contributed by atoms with Gasteiger partial charge < -0.3 is 0 Å². The van der Waals surface area contributed by atoms with Crippen LogP contribution in [0.4, 0.5) is 5.69 Å². The fourth-order valence-corrected chi connectivity index (χ4v) is 4.74. The van der Waals surface area contributed by atoms with E-state index in [-0.39, 0.29) is 17.3 Å². The Kier molecular flexibility index (Phi) is 7.33. The molecule has 0 heterocycles. The van der Waals surface area contributed by atoms with Gasteiger partial charge in [0.25, 0.3) is 15.9 Å². The highest BCUT2D eigenvalue weighted by Gasteiger charge is 2.27. The summed E-state index contributed by atoms with van der Waals surface area (Å²) in [6.45, 7) is 5.42. The van der Waals surface area contributed by atoms with Crippen molar-refractivity contribution in [1.82, 2.24) is 5.43 Å². The Hall–Kier alpha value is -3.16. The minimum absolute atomic E-state index is 0.0759. The van der Waals surface area contributed by atoms with Crippen molar-refractivity contribution in [3.8, 4) is 0 Å². The molecule has 0 aliphatic rings. The third-order valence-corrected chi connectivity index (χ3v) is 6.95. The minimum atomic E-state index is -3.86. The smallest absolute Gasteiger partial charge is 0.267 e. The molecule has 0 unspecified atom stereocenters. The van der Waals surface area contributed by atoms with E-state index in [1.807, 2.05) is 0 Å². The van der Waals surface area contributed by atoms with Crippen molar-refractivity contribution in [3.05, 3.63) is 94.5 Å². The van der Waals surface area contributed by atoms with Gasteiger partial charge >= 0.3 is 0 Å². The van der Waals surface area contributed by atoms with Crippen LogP contribution in [0.5, 0.6) is 0 Å². The van der Waals surface area contributed by atoms with Crippen molar-refractivity contribution in [1.29, 1.82) is 0 Å². The molecule has 0 aliphatic carbocycles. The van der Waals surface area contributed by atoms with Crippen LogP contribution in [0.1, 0.15) is 35.3 Å². The number of anilines is 1. The van der Waals surface area contributed by atoms with E-state index in [0.717, 1.165) is 11.3 Å². The van der Waals surface area contributed by atoms with E-state index in [1.54, 1.807) is 93.6 Å². The summed E-state index contributed by atoms with van der Waals surface area (Å²) in [5.74, 6) is -0.336. The Balaban J connectivity index is 1.98. The molecule has 0 fully saturated rings. The van der Waals surface area contributed by atoms with Gasteiger partial charge in [-0.1, -0.05) is 48.0 Å². The van der Waals surface area contributed by atoms with Gasteiger partial charge in [-0.2, -0.15) is 5.10 Å². The van der Waals surface area contributed by atoms with Crippen LogP contribution < -0.4 is 9.73 Å². The molecule has 0 aliphatic heterocycles. The average Bonchev–Trinajstić information content (AvgIpc) is 2.79. The van der Waals surface area contributed by atoms with E-state index in [4.69, 9.17) is 11.6 Å². The molecule has 3 aromatic rings. The number of hydrogen-bond acceptors (Lipinski definition) is 4. The van der Waals surface area contributed by atoms with Crippen LogP contribution in [0.3, 0.4) is 0 Å². The second kappa shape index (κ2) is 9.97.